The van der Waals surface area contributed by atoms with Crippen LogP contribution in [0.15, 0.2) is 54.6 Å². The van der Waals surface area contributed by atoms with Crippen LogP contribution in [0.1, 0.15) is 17.2 Å². The molecule has 0 aromatic heterocycles. The van der Waals surface area contributed by atoms with E-state index in [-0.39, 0.29) is 18.3 Å². The van der Waals surface area contributed by atoms with E-state index >= 15 is 0 Å². The minimum absolute atomic E-state index is 0. The molecular formula is C18H23ClN2O2. The number of nitrogens with two attached hydrogens (primary N) is 1. The summed E-state index contributed by atoms with van der Waals surface area (Å²) in [6.07, 6.45) is 0. The first kappa shape index (κ1) is 19.0. The minimum atomic E-state index is -0.635. The molecule has 0 aliphatic carbocycles. The highest BCUT2D eigenvalue weighted by molar-refractivity contribution is 5.85. The average molecular weight is 335 g/mol. The number of benzene rings is 2. The number of para-hydroxylation sites is 1. The zero-order chi connectivity index (χ0) is 15.9. The fourth-order valence-corrected chi connectivity index (χ4v) is 2.16. The molecule has 5 heteroatoms. The molecule has 2 aromatic rings. The van der Waals surface area contributed by atoms with Crippen LogP contribution < -0.4 is 10.5 Å². The minimum Gasteiger partial charge on any atom is -0.491 e. The molecule has 4 nitrogen and oxygen atoms in total. The van der Waals surface area contributed by atoms with Crippen molar-refractivity contribution in [3.63, 3.8) is 0 Å². The molecule has 1 atom stereocenters. The van der Waals surface area contributed by atoms with E-state index in [1.807, 2.05) is 61.5 Å². The molecule has 0 bridgehead atoms. The Morgan fingerprint density at radius 1 is 1.13 bits per heavy atom. The Hall–Kier alpha value is -2.04. The van der Waals surface area contributed by atoms with Crippen LogP contribution in [0.2, 0.25) is 0 Å². The van der Waals surface area contributed by atoms with E-state index < -0.39 is 6.04 Å². The average Bonchev–Trinajstić information content (AvgIpc) is 2.56. The van der Waals surface area contributed by atoms with Gasteiger partial charge in [0.25, 0.3) is 0 Å². The summed E-state index contributed by atoms with van der Waals surface area (Å²) in [5, 5.41) is 0. The number of aryl methyl sites for hydroxylation is 1. The van der Waals surface area contributed by atoms with Gasteiger partial charge in [-0.05, 0) is 24.1 Å². The predicted octanol–water partition coefficient (Wildman–Crippen LogP) is 2.95. The van der Waals surface area contributed by atoms with E-state index in [4.69, 9.17) is 10.5 Å². The zero-order valence-corrected chi connectivity index (χ0v) is 14.3. The molecule has 0 saturated carbocycles. The van der Waals surface area contributed by atoms with Gasteiger partial charge in [-0.25, -0.2) is 0 Å². The summed E-state index contributed by atoms with van der Waals surface area (Å²) in [4.78, 5) is 13.9. The van der Waals surface area contributed by atoms with Crippen molar-refractivity contribution in [3.05, 3.63) is 65.7 Å². The fraction of sp³-hybridized carbons (Fsp3) is 0.278. The topological polar surface area (TPSA) is 55.6 Å². The van der Waals surface area contributed by atoms with Crippen LogP contribution in [0.25, 0.3) is 0 Å². The molecule has 0 radical (unpaired) electrons. The van der Waals surface area contributed by atoms with Crippen molar-refractivity contribution in [2.45, 2.75) is 13.0 Å². The Morgan fingerprint density at radius 2 is 1.74 bits per heavy atom. The van der Waals surface area contributed by atoms with Crippen molar-refractivity contribution >= 4 is 18.3 Å². The summed E-state index contributed by atoms with van der Waals surface area (Å²) in [6, 6.07) is 16.6. The van der Waals surface area contributed by atoms with E-state index in [1.54, 1.807) is 11.9 Å². The van der Waals surface area contributed by atoms with Gasteiger partial charge in [-0.2, -0.15) is 0 Å². The van der Waals surface area contributed by atoms with E-state index in [1.165, 1.54) is 0 Å². The number of carbonyl (C=O) groups is 1. The number of carbonyl (C=O) groups excluding carboxylic acids is 1. The van der Waals surface area contributed by atoms with E-state index in [9.17, 15) is 4.79 Å². The van der Waals surface area contributed by atoms with Crippen LogP contribution in [-0.4, -0.2) is 31.0 Å². The van der Waals surface area contributed by atoms with Crippen LogP contribution >= 0.6 is 12.4 Å². The van der Waals surface area contributed by atoms with Crippen LogP contribution in [-0.2, 0) is 4.79 Å². The van der Waals surface area contributed by atoms with Crippen molar-refractivity contribution < 1.29 is 9.53 Å². The molecule has 2 aromatic carbocycles. The number of ether oxygens (including phenoxy) is 1. The first-order valence-electron chi connectivity index (χ1n) is 7.33. The van der Waals surface area contributed by atoms with Crippen LogP contribution in [0.3, 0.4) is 0 Å². The van der Waals surface area contributed by atoms with E-state index in [0.29, 0.717) is 13.2 Å². The Bertz CT molecular complexity index is 619. The Balaban J connectivity index is 0.00000264. The van der Waals surface area contributed by atoms with E-state index in [2.05, 4.69) is 0 Å². The summed E-state index contributed by atoms with van der Waals surface area (Å²) in [6.45, 7) is 2.93. The standard InChI is InChI=1S/C18H22N2O2.ClH/c1-14-8-6-7-11-16(14)22-13-12-20(2)18(21)17(19)15-9-4-3-5-10-15;/h3-11,17H,12-13,19H2,1-2H3;1H. The Morgan fingerprint density at radius 3 is 2.39 bits per heavy atom. The van der Waals surface area contributed by atoms with Gasteiger partial charge in [0.05, 0.1) is 6.54 Å². The number of hydrogen-bond acceptors (Lipinski definition) is 3. The molecule has 0 spiro atoms. The monoisotopic (exact) mass is 334 g/mol. The van der Waals surface area contributed by atoms with Crippen molar-refractivity contribution in [3.8, 4) is 5.75 Å². The predicted molar refractivity (Wildman–Crippen MR) is 94.9 cm³/mol. The smallest absolute Gasteiger partial charge is 0.243 e. The van der Waals surface area contributed by atoms with Gasteiger partial charge in [0.1, 0.15) is 18.4 Å². The lowest BCUT2D eigenvalue weighted by Crippen LogP contribution is -2.38. The number of amides is 1. The lowest BCUT2D eigenvalue weighted by atomic mass is 10.1. The molecule has 0 fully saturated rings. The van der Waals surface area contributed by atoms with Crippen molar-refractivity contribution in [2.75, 3.05) is 20.2 Å². The molecule has 2 rings (SSSR count). The number of halogens is 1. The molecule has 124 valence electrons. The van der Waals surface area contributed by atoms with Crippen LogP contribution in [0, 0.1) is 6.92 Å². The Labute approximate surface area is 143 Å². The molecule has 0 aliphatic rings. The highest BCUT2D eigenvalue weighted by Gasteiger charge is 2.19. The second-order valence-corrected chi connectivity index (χ2v) is 5.26. The second kappa shape index (κ2) is 9.18. The third-order valence-corrected chi connectivity index (χ3v) is 3.58. The molecule has 0 heterocycles. The summed E-state index contributed by atoms with van der Waals surface area (Å²) in [5.74, 6) is 0.732. The van der Waals surface area contributed by atoms with Gasteiger partial charge in [0, 0.05) is 7.05 Å². The molecule has 0 aliphatic heterocycles. The van der Waals surface area contributed by atoms with Gasteiger partial charge < -0.3 is 15.4 Å². The molecule has 2 N–H and O–H groups in total. The van der Waals surface area contributed by atoms with Gasteiger partial charge in [0.15, 0.2) is 0 Å². The maximum atomic E-state index is 12.3. The summed E-state index contributed by atoms with van der Waals surface area (Å²) < 4.78 is 5.71. The lowest BCUT2D eigenvalue weighted by molar-refractivity contribution is -0.131. The third-order valence-electron chi connectivity index (χ3n) is 3.58. The van der Waals surface area contributed by atoms with Crippen LogP contribution in [0.5, 0.6) is 5.75 Å². The number of nitrogens with zero attached hydrogens (tertiary/aromatic N) is 1. The molecule has 0 saturated heterocycles. The molecule has 23 heavy (non-hydrogen) atoms. The van der Waals surface area contributed by atoms with Gasteiger partial charge >= 0.3 is 0 Å². The maximum Gasteiger partial charge on any atom is 0.243 e. The highest BCUT2D eigenvalue weighted by Crippen LogP contribution is 2.16. The fourth-order valence-electron chi connectivity index (χ4n) is 2.16. The van der Waals surface area contributed by atoms with Crippen molar-refractivity contribution in [1.82, 2.24) is 4.90 Å². The van der Waals surface area contributed by atoms with Crippen LogP contribution in [0.4, 0.5) is 0 Å². The molecule has 1 unspecified atom stereocenters. The summed E-state index contributed by atoms with van der Waals surface area (Å²) >= 11 is 0. The molecule has 1 amide bonds. The van der Waals surface area contributed by atoms with Gasteiger partial charge in [-0.3, -0.25) is 4.79 Å². The van der Waals surface area contributed by atoms with Gasteiger partial charge in [-0.1, -0.05) is 48.5 Å². The molecular weight excluding hydrogens is 312 g/mol. The second-order valence-electron chi connectivity index (χ2n) is 5.26. The quantitative estimate of drug-likeness (QED) is 0.883. The Kier molecular flexibility index (Phi) is 7.59. The van der Waals surface area contributed by atoms with Gasteiger partial charge in [0.2, 0.25) is 5.91 Å². The van der Waals surface area contributed by atoms with Crippen molar-refractivity contribution in [2.24, 2.45) is 5.73 Å². The van der Waals surface area contributed by atoms with Gasteiger partial charge in [-0.15, -0.1) is 12.4 Å². The zero-order valence-electron chi connectivity index (χ0n) is 13.4. The summed E-state index contributed by atoms with van der Waals surface area (Å²) in [7, 11) is 1.74. The first-order chi connectivity index (χ1) is 10.6. The largest absolute Gasteiger partial charge is 0.491 e. The number of hydrogen-bond donors (Lipinski definition) is 1. The lowest BCUT2D eigenvalue weighted by Gasteiger charge is -2.22. The first-order valence-corrected chi connectivity index (χ1v) is 7.33. The third kappa shape index (κ3) is 5.27. The highest BCUT2D eigenvalue weighted by atomic mass is 35.5. The SMILES string of the molecule is Cc1ccccc1OCCN(C)C(=O)C(N)c1ccccc1.Cl. The summed E-state index contributed by atoms with van der Waals surface area (Å²) in [5.41, 5.74) is 7.91. The number of rotatable bonds is 6. The van der Waals surface area contributed by atoms with Crippen molar-refractivity contribution in [1.29, 1.82) is 0 Å². The van der Waals surface area contributed by atoms with E-state index in [0.717, 1.165) is 16.9 Å². The maximum absolute atomic E-state index is 12.3. The normalized spacial score (nSPS) is 11.3. The number of likely N-dealkylation sites (N-methyl/N-ethyl adjacent to an activating group) is 1.